The third kappa shape index (κ3) is 4.91. The Morgan fingerprint density at radius 1 is 1.06 bits per heavy atom. The predicted molar refractivity (Wildman–Crippen MR) is 133 cm³/mol. The van der Waals surface area contributed by atoms with Crippen LogP contribution < -0.4 is 15.2 Å². The van der Waals surface area contributed by atoms with Crippen molar-refractivity contribution >= 4 is 22.4 Å². The van der Waals surface area contributed by atoms with E-state index < -0.39 is 5.54 Å². The molecule has 2 aromatic carbocycles. The Bertz CT molecular complexity index is 1240. The summed E-state index contributed by atoms with van der Waals surface area (Å²) in [5, 5.41) is 21.1. The van der Waals surface area contributed by atoms with Crippen LogP contribution in [0.3, 0.4) is 0 Å². The van der Waals surface area contributed by atoms with Gasteiger partial charge in [-0.25, -0.2) is 4.98 Å². The van der Waals surface area contributed by atoms with Gasteiger partial charge in [-0.3, -0.25) is 4.57 Å². The number of thiophene rings is 1. The van der Waals surface area contributed by atoms with Crippen LogP contribution in [0.1, 0.15) is 51.2 Å². The van der Waals surface area contributed by atoms with E-state index in [1.807, 2.05) is 57.4 Å². The summed E-state index contributed by atoms with van der Waals surface area (Å²) in [5.74, 6) is 1.24. The monoisotopic (exact) mass is 469 g/mol. The molecule has 1 atom stereocenters. The second-order valence-electron chi connectivity index (χ2n) is 7.95. The van der Waals surface area contributed by atoms with Gasteiger partial charge in [-0.05, 0) is 26.8 Å². The first-order valence-corrected chi connectivity index (χ1v) is 11.6. The molecule has 8 heteroatoms. The van der Waals surface area contributed by atoms with Crippen LogP contribution in [-0.2, 0) is 5.54 Å². The quantitative estimate of drug-likeness (QED) is 0.326. The fourth-order valence-corrected chi connectivity index (χ4v) is 4.56. The van der Waals surface area contributed by atoms with E-state index in [1.54, 1.807) is 30.6 Å². The number of ether oxygens (including phenoxy) is 2. The average molecular weight is 470 g/mol. The molecule has 0 amide bonds. The molecule has 2 aromatic heterocycles. The number of phenolic OH excluding ortho intramolecular Hbond substituents is 2. The fourth-order valence-electron chi connectivity index (χ4n) is 3.47. The van der Waals surface area contributed by atoms with Gasteiger partial charge in [0.1, 0.15) is 28.9 Å². The van der Waals surface area contributed by atoms with Gasteiger partial charge < -0.3 is 25.4 Å². The highest BCUT2D eigenvalue weighted by Gasteiger charge is 2.26. The van der Waals surface area contributed by atoms with Gasteiger partial charge in [-0.15, -0.1) is 11.3 Å². The summed E-state index contributed by atoms with van der Waals surface area (Å²) >= 11 is 1.51. The molecule has 0 radical (unpaired) electrons. The van der Waals surface area contributed by atoms with E-state index in [0.717, 1.165) is 15.4 Å². The van der Waals surface area contributed by atoms with Gasteiger partial charge in [-0.1, -0.05) is 32.0 Å². The zero-order chi connectivity index (χ0) is 24.3. The number of hydrogen-bond donors (Lipinski definition) is 3. The Morgan fingerprint density at radius 2 is 1.76 bits per heavy atom. The third-order valence-electron chi connectivity index (χ3n) is 5.03. The van der Waals surface area contributed by atoms with Gasteiger partial charge in [-0.2, -0.15) is 0 Å². The molecule has 4 rings (SSSR count). The van der Waals surface area contributed by atoms with Crippen LogP contribution >= 0.6 is 11.3 Å². The number of rotatable bonds is 6. The molecular weight excluding hydrogens is 438 g/mol. The highest BCUT2D eigenvalue weighted by Crippen LogP contribution is 2.42. The van der Waals surface area contributed by atoms with E-state index in [0.29, 0.717) is 22.6 Å². The van der Waals surface area contributed by atoms with E-state index in [4.69, 9.17) is 15.2 Å². The lowest BCUT2D eigenvalue weighted by Crippen LogP contribution is -2.28. The molecule has 0 aliphatic carbocycles. The predicted octanol–water partition coefficient (Wildman–Crippen LogP) is 5.87. The Balaban J connectivity index is 0.00000149. The van der Waals surface area contributed by atoms with E-state index in [2.05, 4.69) is 4.98 Å². The van der Waals surface area contributed by atoms with Gasteiger partial charge in [0.25, 0.3) is 0 Å². The number of nitrogens with zero attached hydrogens (tertiary/aromatic N) is 2. The lowest BCUT2D eigenvalue weighted by atomic mass is 10.0. The third-order valence-corrected chi connectivity index (χ3v) is 6.49. The number of phenols is 2. The number of aromatic nitrogens is 2. The van der Waals surface area contributed by atoms with Crippen molar-refractivity contribution < 1.29 is 19.7 Å². The molecule has 4 aromatic rings. The smallest absolute Gasteiger partial charge is 0.162 e. The number of methoxy groups -OCH3 is 1. The SMILES string of the molecule is CC.COc1cc2c(cc1O)ncn2-c1cc(OC(C)c2ccccc2O)c(C(C)(C)N)s1. The minimum Gasteiger partial charge on any atom is -0.508 e. The minimum atomic E-state index is -0.636. The number of benzene rings is 2. The molecule has 176 valence electrons. The van der Waals surface area contributed by atoms with Crippen molar-refractivity contribution in [1.29, 1.82) is 0 Å². The van der Waals surface area contributed by atoms with Crippen molar-refractivity contribution in [2.24, 2.45) is 5.73 Å². The molecule has 33 heavy (non-hydrogen) atoms. The summed E-state index contributed by atoms with van der Waals surface area (Å²) in [7, 11) is 1.51. The van der Waals surface area contributed by atoms with Crippen molar-refractivity contribution in [3.05, 3.63) is 59.2 Å². The molecule has 0 aliphatic rings. The minimum absolute atomic E-state index is 0.0377. The molecule has 7 nitrogen and oxygen atoms in total. The van der Waals surface area contributed by atoms with Crippen molar-refractivity contribution in [1.82, 2.24) is 9.55 Å². The fraction of sp³-hybridized carbons (Fsp3) is 0.320. The van der Waals surface area contributed by atoms with Crippen LogP contribution in [-0.4, -0.2) is 26.9 Å². The molecule has 2 heterocycles. The molecule has 4 N–H and O–H groups in total. The average Bonchev–Trinajstić information content (AvgIpc) is 3.38. The molecule has 0 bridgehead atoms. The maximum Gasteiger partial charge on any atom is 0.162 e. The molecule has 0 spiro atoms. The van der Waals surface area contributed by atoms with E-state index in [1.165, 1.54) is 18.4 Å². The maximum atomic E-state index is 10.2. The van der Waals surface area contributed by atoms with Crippen molar-refractivity contribution in [3.8, 4) is 28.0 Å². The van der Waals surface area contributed by atoms with Crippen LogP contribution in [0.25, 0.3) is 16.0 Å². The van der Waals surface area contributed by atoms with Gasteiger partial charge in [0.2, 0.25) is 0 Å². The second kappa shape index (κ2) is 9.72. The van der Waals surface area contributed by atoms with E-state index >= 15 is 0 Å². The Kier molecular flexibility index (Phi) is 7.19. The van der Waals surface area contributed by atoms with Gasteiger partial charge in [0.15, 0.2) is 11.5 Å². The molecule has 0 saturated heterocycles. The van der Waals surface area contributed by atoms with Crippen molar-refractivity contribution in [2.45, 2.75) is 46.3 Å². The lowest BCUT2D eigenvalue weighted by Gasteiger charge is -2.22. The Morgan fingerprint density at radius 3 is 2.39 bits per heavy atom. The lowest BCUT2D eigenvalue weighted by molar-refractivity contribution is 0.218. The van der Waals surface area contributed by atoms with Crippen LogP contribution in [0, 0.1) is 0 Å². The Labute approximate surface area is 198 Å². The summed E-state index contributed by atoms with van der Waals surface area (Å²) in [4.78, 5) is 5.27. The standard InChI is InChI=1S/C23H25N3O4S.C2H6/c1-13(14-7-5-6-8-17(14)27)30-20-11-21(31-22(20)23(2,3)24)26-12-25-15-9-18(28)19(29-4)10-16(15)26;1-2/h5-13,27-28H,24H2,1-4H3;1-2H3. The first-order valence-electron chi connectivity index (χ1n) is 10.8. The summed E-state index contributed by atoms with van der Waals surface area (Å²) in [6.07, 6.45) is 1.32. The first-order chi connectivity index (χ1) is 15.7. The number of aromatic hydroxyl groups is 2. The zero-order valence-corrected chi connectivity index (χ0v) is 20.6. The summed E-state index contributed by atoms with van der Waals surface area (Å²) in [6, 6.07) is 12.4. The van der Waals surface area contributed by atoms with E-state index in [9.17, 15) is 10.2 Å². The van der Waals surface area contributed by atoms with Crippen LogP contribution in [0.2, 0.25) is 0 Å². The van der Waals surface area contributed by atoms with Crippen LogP contribution in [0.5, 0.6) is 23.0 Å². The van der Waals surface area contributed by atoms with Crippen LogP contribution in [0.4, 0.5) is 0 Å². The maximum absolute atomic E-state index is 10.2. The van der Waals surface area contributed by atoms with Gasteiger partial charge >= 0.3 is 0 Å². The normalized spacial score (nSPS) is 12.2. The summed E-state index contributed by atoms with van der Waals surface area (Å²) in [5.41, 5.74) is 7.95. The number of fused-ring (bicyclic) bond motifs is 1. The summed E-state index contributed by atoms with van der Waals surface area (Å²) in [6.45, 7) is 9.74. The van der Waals surface area contributed by atoms with Gasteiger partial charge in [0, 0.05) is 29.3 Å². The van der Waals surface area contributed by atoms with Gasteiger partial charge in [0.05, 0.1) is 23.0 Å². The molecule has 0 aliphatic heterocycles. The molecular formula is C25H31N3O4S. The Hall–Kier alpha value is -3.23. The molecule has 0 saturated carbocycles. The van der Waals surface area contributed by atoms with E-state index in [-0.39, 0.29) is 17.6 Å². The zero-order valence-electron chi connectivity index (χ0n) is 19.8. The number of nitrogens with two attached hydrogens (primary N) is 1. The van der Waals surface area contributed by atoms with Crippen molar-refractivity contribution in [2.75, 3.05) is 7.11 Å². The highest BCUT2D eigenvalue weighted by atomic mass is 32.1. The largest absolute Gasteiger partial charge is 0.508 e. The molecule has 0 fully saturated rings. The highest BCUT2D eigenvalue weighted by molar-refractivity contribution is 7.15. The molecule has 1 unspecified atom stereocenters. The number of para-hydroxylation sites is 1. The number of hydrogen-bond acceptors (Lipinski definition) is 7. The second-order valence-corrected chi connectivity index (χ2v) is 8.98. The topological polar surface area (TPSA) is 103 Å². The first kappa shape index (κ1) is 24.4. The van der Waals surface area contributed by atoms with Crippen LogP contribution in [0.15, 0.2) is 48.8 Å². The van der Waals surface area contributed by atoms with Crippen molar-refractivity contribution in [3.63, 3.8) is 0 Å². The summed E-state index contributed by atoms with van der Waals surface area (Å²) < 4.78 is 13.4. The number of imidazole rings is 1.